The summed E-state index contributed by atoms with van der Waals surface area (Å²) in [5, 5.41) is 12.1. The van der Waals surface area contributed by atoms with Gasteiger partial charge in [-0.2, -0.15) is 0 Å². The minimum absolute atomic E-state index is 0.0664. The highest BCUT2D eigenvalue weighted by Gasteiger charge is 2.27. The van der Waals surface area contributed by atoms with Crippen LogP contribution in [0.5, 0.6) is 0 Å². The van der Waals surface area contributed by atoms with Gasteiger partial charge in [-0.3, -0.25) is 9.78 Å². The van der Waals surface area contributed by atoms with Gasteiger partial charge in [0, 0.05) is 18.5 Å². The lowest BCUT2D eigenvalue weighted by Gasteiger charge is -2.23. The fourth-order valence-electron chi connectivity index (χ4n) is 3.16. The molecule has 24 heavy (non-hydrogen) atoms. The van der Waals surface area contributed by atoms with Gasteiger partial charge in [0.05, 0.1) is 16.7 Å². The molecule has 3 rings (SSSR count). The second-order valence-electron chi connectivity index (χ2n) is 6.29. The van der Waals surface area contributed by atoms with E-state index in [9.17, 15) is 14.7 Å². The van der Waals surface area contributed by atoms with Crippen LogP contribution in [-0.4, -0.2) is 33.0 Å². The maximum atomic E-state index is 12.3. The Balaban J connectivity index is 1.70. The summed E-state index contributed by atoms with van der Waals surface area (Å²) in [5.74, 6) is -1.27. The van der Waals surface area contributed by atoms with Crippen molar-refractivity contribution in [2.24, 2.45) is 5.92 Å². The summed E-state index contributed by atoms with van der Waals surface area (Å²) < 4.78 is 0. The van der Waals surface area contributed by atoms with Crippen LogP contribution in [0.3, 0.4) is 0 Å². The van der Waals surface area contributed by atoms with E-state index in [0.717, 1.165) is 43.1 Å². The van der Waals surface area contributed by atoms with Crippen molar-refractivity contribution >= 4 is 22.9 Å². The maximum Gasteiger partial charge on any atom is 0.326 e. The lowest BCUT2D eigenvalue weighted by molar-refractivity contribution is -0.142. The zero-order chi connectivity index (χ0) is 16.9. The van der Waals surface area contributed by atoms with E-state index in [4.69, 9.17) is 0 Å². The number of carbonyl (C=O) groups is 2. The molecule has 1 amide bonds. The molecule has 1 aromatic carbocycles. The number of nitrogens with zero attached hydrogens (tertiary/aromatic N) is 2. The number of aliphatic carboxylic acids is 1. The number of amides is 1. The largest absolute Gasteiger partial charge is 0.480 e. The minimum Gasteiger partial charge on any atom is -0.480 e. The fourth-order valence-corrected chi connectivity index (χ4v) is 3.16. The molecule has 6 nitrogen and oxygen atoms in total. The summed E-state index contributed by atoms with van der Waals surface area (Å²) in [7, 11) is 0. The molecule has 126 valence electrons. The highest BCUT2D eigenvalue weighted by Crippen LogP contribution is 2.23. The van der Waals surface area contributed by atoms with E-state index < -0.39 is 12.0 Å². The Labute approximate surface area is 140 Å². The Kier molecular flexibility index (Phi) is 5.03. The van der Waals surface area contributed by atoms with Gasteiger partial charge in [0.25, 0.3) is 0 Å². The van der Waals surface area contributed by atoms with E-state index in [1.54, 1.807) is 6.20 Å². The molecular weight excluding hydrogens is 306 g/mol. The number of para-hydroxylation sites is 2. The van der Waals surface area contributed by atoms with Gasteiger partial charge < -0.3 is 10.4 Å². The molecule has 0 bridgehead atoms. The van der Waals surface area contributed by atoms with Crippen LogP contribution in [0.2, 0.25) is 0 Å². The third-order valence-corrected chi connectivity index (χ3v) is 4.50. The van der Waals surface area contributed by atoms with Crippen molar-refractivity contribution in [2.75, 3.05) is 0 Å². The average molecular weight is 327 g/mol. The summed E-state index contributed by atoms with van der Waals surface area (Å²) >= 11 is 0. The molecule has 1 aliphatic carbocycles. The van der Waals surface area contributed by atoms with Crippen LogP contribution in [0, 0.1) is 5.92 Å². The standard InChI is InChI=1S/C18H21N3O3/c22-17(12-6-2-1-3-7-12)21-16(18(23)24)10-13-11-19-14-8-4-5-9-15(14)20-13/h4-5,8-9,11-12,16H,1-3,6-7,10H2,(H,21,22)(H,23,24)/t16-/m0/s1. The molecule has 1 saturated carbocycles. The molecule has 1 atom stereocenters. The summed E-state index contributed by atoms with van der Waals surface area (Å²) in [5.41, 5.74) is 2.04. The van der Waals surface area contributed by atoms with E-state index >= 15 is 0 Å². The van der Waals surface area contributed by atoms with Crippen LogP contribution >= 0.6 is 0 Å². The van der Waals surface area contributed by atoms with Crippen molar-refractivity contribution in [3.05, 3.63) is 36.2 Å². The second-order valence-corrected chi connectivity index (χ2v) is 6.29. The minimum atomic E-state index is -1.05. The van der Waals surface area contributed by atoms with Crippen LogP contribution in [-0.2, 0) is 16.0 Å². The van der Waals surface area contributed by atoms with Gasteiger partial charge in [0.1, 0.15) is 6.04 Å². The van der Waals surface area contributed by atoms with E-state index in [1.165, 1.54) is 0 Å². The maximum absolute atomic E-state index is 12.3. The predicted octanol–water partition coefficient (Wildman–Crippen LogP) is 2.32. The molecule has 2 aromatic rings. The van der Waals surface area contributed by atoms with Crippen LogP contribution in [0.25, 0.3) is 11.0 Å². The van der Waals surface area contributed by atoms with Crippen molar-refractivity contribution in [2.45, 2.75) is 44.6 Å². The van der Waals surface area contributed by atoms with Crippen molar-refractivity contribution in [3.8, 4) is 0 Å². The summed E-state index contributed by atoms with van der Waals surface area (Å²) in [4.78, 5) is 32.6. The molecule has 2 N–H and O–H groups in total. The number of hydrogen-bond donors (Lipinski definition) is 2. The number of carboxylic acids is 1. The lowest BCUT2D eigenvalue weighted by atomic mass is 9.88. The van der Waals surface area contributed by atoms with Gasteiger partial charge in [-0.15, -0.1) is 0 Å². The number of fused-ring (bicyclic) bond motifs is 1. The molecular formula is C18H21N3O3. The van der Waals surface area contributed by atoms with Crippen LogP contribution in [0.4, 0.5) is 0 Å². The van der Waals surface area contributed by atoms with Crippen molar-refractivity contribution in [3.63, 3.8) is 0 Å². The molecule has 0 aliphatic heterocycles. The topological polar surface area (TPSA) is 92.2 Å². The van der Waals surface area contributed by atoms with E-state index in [1.807, 2.05) is 24.3 Å². The van der Waals surface area contributed by atoms with Crippen LogP contribution < -0.4 is 5.32 Å². The molecule has 0 unspecified atom stereocenters. The van der Waals surface area contributed by atoms with Crippen LogP contribution in [0.15, 0.2) is 30.5 Å². The van der Waals surface area contributed by atoms with Gasteiger partial charge in [0.2, 0.25) is 5.91 Å². The molecule has 1 heterocycles. The highest BCUT2D eigenvalue weighted by atomic mass is 16.4. The normalized spacial score (nSPS) is 16.7. The van der Waals surface area contributed by atoms with Gasteiger partial charge in [-0.25, -0.2) is 9.78 Å². The van der Waals surface area contributed by atoms with Crippen molar-refractivity contribution in [1.29, 1.82) is 0 Å². The molecule has 0 saturated heterocycles. The second kappa shape index (κ2) is 7.38. The zero-order valence-corrected chi connectivity index (χ0v) is 13.4. The number of aromatic nitrogens is 2. The molecule has 1 aromatic heterocycles. The molecule has 6 heteroatoms. The third kappa shape index (κ3) is 3.88. The van der Waals surface area contributed by atoms with Gasteiger partial charge in [-0.1, -0.05) is 31.4 Å². The van der Waals surface area contributed by atoms with Gasteiger partial charge in [0.15, 0.2) is 0 Å². The van der Waals surface area contributed by atoms with E-state index in [2.05, 4.69) is 15.3 Å². The Bertz CT molecular complexity index is 741. The Morgan fingerprint density at radius 1 is 1.17 bits per heavy atom. The molecule has 1 fully saturated rings. The lowest BCUT2D eigenvalue weighted by Crippen LogP contribution is -2.45. The summed E-state index contributed by atoms with van der Waals surface area (Å²) in [6.07, 6.45) is 6.61. The number of hydrogen-bond acceptors (Lipinski definition) is 4. The Hall–Kier alpha value is -2.50. The van der Waals surface area contributed by atoms with E-state index in [0.29, 0.717) is 5.69 Å². The summed E-state index contributed by atoms with van der Waals surface area (Å²) in [6.45, 7) is 0. The van der Waals surface area contributed by atoms with E-state index in [-0.39, 0.29) is 18.2 Å². The number of benzene rings is 1. The van der Waals surface area contributed by atoms with Crippen molar-refractivity contribution < 1.29 is 14.7 Å². The SMILES string of the molecule is O=C(N[C@@H](Cc1cnc2ccccc2n1)C(=O)O)C1CCCCC1. The summed E-state index contributed by atoms with van der Waals surface area (Å²) in [6, 6.07) is 6.45. The first-order valence-electron chi connectivity index (χ1n) is 8.37. The zero-order valence-electron chi connectivity index (χ0n) is 13.4. The average Bonchev–Trinajstić information content (AvgIpc) is 2.61. The van der Waals surface area contributed by atoms with Crippen LogP contribution in [0.1, 0.15) is 37.8 Å². The Morgan fingerprint density at radius 3 is 2.58 bits per heavy atom. The third-order valence-electron chi connectivity index (χ3n) is 4.50. The number of carbonyl (C=O) groups excluding carboxylic acids is 1. The van der Waals surface area contributed by atoms with Gasteiger partial charge >= 0.3 is 5.97 Å². The van der Waals surface area contributed by atoms with Gasteiger partial charge in [-0.05, 0) is 25.0 Å². The highest BCUT2D eigenvalue weighted by molar-refractivity contribution is 5.85. The first-order chi connectivity index (χ1) is 11.6. The number of nitrogens with one attached hydrogen (secondary N) is 1. The monoisotopic (exact) mass is 327 g/mol. The Morgan fingerprint density at radius 2 is 1.88 bits per heavy atom. The quantitative estimate of drug-likeness (QED) is 0.879. The smallest absolute Gasteiger partial charge is 0.326 e. The molecule has 0 spiro atoms. The molecule has 1 aliphatic rings. The fraction of sp³-hybridized carbons (Fsp3) is 0.444. The first kappa shape index (κ1) is 16.4. The number of rotatable bonds is 5. The predicted molar refractivity (Wildman–Crippen MR) is 89.4 cm³/mol. The van der Waals surface area contributed by atoms with Crippen molar-refractivity contribution in [1.82, 2.24) is 15.3 Å². The molecule has 0 radical (unpaired) electrons. The number of carboxylic acid groups (broad SMARTS) is 1. The first-order valence-corrected chi connectivity index (χ1v) is 8.37.